The highest BCUT2D eigenvalue weighted by Gasteiger charge is 2.17. The molecule has 1 amide bonds. The second kappa shape index (κ2) is 10.8. The smallest absolute Gasteiger partial charge is 0.309 e. The maximum atomic E-state index is 12.4. The van der Waals surface area contributed by atoms with E-state index in [0.29, 0.717) is 5.75 Å². The van der Waals surface area contributed by atoms with E-state index in [1.54, 1.807) is 0 Å². The van der Waals surface area contributed by atoms with Crippen LogP contribution in [-0.2, 0) is 14.3 Å². The molecule has 154 valence electrons. The minimum atomic E-state index is -0.478. The van der Waals surface area contributed by atoms with Crippen LogP contribution in [0, 0.1) is 6.92 Å². The monoisotopic (exact) mass is 403 g/mol. The van der Waals surface area contributed by atoms with Crippen molar-refractivity contribution in [3.63, 3.8) is 0 Å². The van der Waals surface area contributed by atoms with E-state index in [4.69, 9.17) is 9.47 Å². The van der Waals surface area contributed by atoms with E-state index in [9.17, 15) is 9.59 Å². The van der Waals surface area contributed by atoms with Crippen LogP contribution in [0.4, 0.5) is 0 Å². The summed E-state index contributed by atoms with van der Waals surface area (Å²) < 4.78 is 10.6. The van der Waals surface area contributed by atoms with Gasteiger partial charge in [0.2, 0.25) is 0 Å². The van der Waals surface area contributed by atoms with E-state index in [1.807, 2.05) is 91.9 Å². The van der Waals surface area contributed by atoms with Gasteiger partial charge in [-0.2, -0.15) is 0 Å². The second-order valence-electron chi connectivity index (χ2n) is 6.89. The number of carbonyl (C=O) groups is 2. The van der Waals surface area contributed by atoms with Gasteiger partial charge in [0.1, 0.15) is 5.75 Å². The van der Waals surface area contributed by atoms with Gasteiger partial charge in [-0.15, -0.1) is 0 Å². The molecule has 0 aliphatic rings. The summed E-state index contributed by atoms with van der Waals surface area (Å²) in [6, 6.07) is 26.6. The summed E-state index contributed by atoms with van der Waals surface area (Å²) in [4.78, 5) is 24.3. The van der Waals surface area contributed by atoms with E-state index < -0.39 is 5.97 Å². The third-order valence-corrected chi connectivity index (χ3v) is 4.53. The Morgan fingerprint density at radius 2 is 1.40 bits per heavy atom. The molecule has 0 aromatic heterocycles. The van der Waals surface area contributed by atoms with Crippen molar-refractivity contribution in [2.45, 2.75) is 19.4 Å². The largest absolute Gasteiger partial charge is 0.493 e. The first-order valence-corrected chi connectivity index (χ1v) is 9.86. The number of benzene rings is 3. The molecule has 3 rings (SSSR count). The van der Waals surface area contributed by atoms with Gasteiger partial charge in [-0.25, -0.2) is 0 Å². The molecule has 0 spiro atoms. The zero-order chi connectivity index (χ0) is 21.2. The lowest BCUT2D eigenvalue weighted by Gasteiger charge is -2.20. The molecule has 30 heavy (non-hydrogen) atoms. The van der Waals surface area contributed by atoms with Crippen LogP contribution in [0.2, 0.25) is 0 Å². The highest BCUT2D eigenvalue weighted by atomic mass is 16.5. The molecule has 0 atom stereocenters. The maximum absolute atomic E-state index is 12.4. The van der Waals surface area contributed by atoms with Crippen LogP contribution in [0.1, 0.15) is 29.2 Å². The Labute approximate surface area is 176 Å². The van der Waals surface area contributed by atoms with E-state index >= 15 is 0 Å². The van der Waals surface area contributed by atoms with Crippen molar-refractivity contribution in [3.05, 3.63) is 102 Å². The first-order chi connectivity index (χ1) is 14.6. The first kappa shape index (κ1) is 21.1. The van der Waals surface area contributed by atoms with Crippen LogP contribution < -0.4 is 10.1 Å². The van der Waals surface area contributed by atoms with E-state index in [-0.39, 0.29) is 31.6 Å². The lowest BCUT2D eigenvalue weighted by Crippen LogP contribution is -2.33. The molecule has 3 aromatic rings. The maximum Gasteiger partial charge on any atom is 0.309 e. The molecule has 0 radical (unpaired) electrons. The molecule has 0 unspecified atom stereocenters. The summed E-state index contributed by atoms with van der Waals surface area (Å²) in [5, 5.41) is 2.94. The van der Waals surface area contributed by atoms with Crippen molar-refractivity contribution < 1.29 is 19.1 Å². The van der Waals surface area contributed by atoms with Gasteiger partial charge < -0.3 is 14.8 Å². The van der Waals surface area contributed by atoms with Gasteiger partial charge in [-0.1, -0.05) is 78.4 Å². The van der Waals surface area contributed by atoms with Crippen LogP contribution in [-0.4, -0.2) is 25.1 Å². The molecular weight excluding hydrogens is 378 g/mol. The fourth-order valence-corrected chi connectivity index (χ4v) is 2.96. The number of nitrogens with one attached hydrogen (secondary N) is 1. The van der Waals surface area contributed by atoms with Crippen molar-refractivity contribution >= 4 is 11.9 Å². The molecule has 0 fully saturated rings. The summed E-state index contributed by atoms with van der Waals surface area (Å²) in [6.07, 6.45) is 0.0714. The second-order valence-corrected chi connectivity index (χ2v) is 6.89. The SMILES string of the molecule is Cc1ccc(OCCC(=O)OCC(=O)NC(c2ccccc2)c2ccccc2)cc1. The van der Waals surface area contributed by atoms with Gasteiger partial charge >= 0.3 is 5.97 Å². The van der Waals surface area contributed by atoms with Crippen molar-refractivity contribution in [1.29, 1.82) is 0 Å². The molecule has 0 bridgehead atoms. The standard InChI is InChI=1S/C25H25NO4/c1-19-12-14-22(15-13-19)29-17-16-24(28)30-18-23(27)26-25(20-8-4-2-5-9-20)21-10-6-3-7-11-21/h2-15,25H,16-18H2,1H3,(H,26,27). The van der Waals surface area contributed by atoms with Crippen LogP contribution in [0.15, 0.2) is 84.9 Å². The zero-order valence-electron chi connectivity index (χ0n) is 16.9. The third kappa shape index (κ3) is 6.48. The van der Waals surface area contributed by atoms with Gasteiger partial charge in [0, 0.05) is 0 Å². The van der Waals surface area contributed by atoms with Crippen molar-refractivity contribution in [1.82, 2.24) is 5.32 Å². The van der Waals surface area contributed by atoms with E-state index in [1.165, 1.54) is 0 Å². The molecule has 0 aliphatic carbocycles. The van der Waals surface area contributed by atoms with Crippen LogP contribution in [0.5, 0.6) is 5.75 Å². The predicted molar refractivity (Wildman–Crippen MR) is 115 cm³/mol. The van der Waals surface area contributed by atoms with Gasteiger partial charge in [-0.3, -0.25) is 9.59 Å². The van der Waals surface area contributed by atoms with E-state index in [0.717, 1.165) is 16.7 Å². The molecule has 5 nitrogen and oxygen atoms in total. The molecule has 1 N–H and O–H groups in total. The van der Waals surface area contributed by atoms with Gasteiger partial charge in [0.15, 0.2) is 6.61 Å². The Hall–Kier alpha value is -3.60. The summed E-state index contributed by atoms with van der Waals surface area (Å²) in [5.74, 6) is -0.145. The number of carbonyl (C=O) groups excluding carboxylic acids is 2. The molecule has 0 aliphatic heterocycles. The lowest BCUT2D eigenvalue weighted by atomic mass is 9.99. The minimum Gasteiger partial charge on any atom is -0.493 e. The number of aryl methyl sites for hydroxylation is 1. The Morgan fingerprint density at radius 1 is 0.833 bits per heavy atom. The number of hydrogen-bond acceptors (Lipinski definition) is 4. The third-order valence-electron chi connectivity index (χ3n) is 4.53. The van der Waals surface area contributed by atoms with Crippen molar-refractivity contribution in [2.24, 2.45) is 0 Å². The van der Waals surface area contributed by atoms with Crippen LogP contribution in [0.25, 0.3) is 0 Å². The van der Waals surface area contributed by atoms with Crippen molar-refractivity contribution in [2.75, 3.05) is 13.2 Å². The fourth-order valence-electron chi connectivity index (χ4n) is 2.96. The molecule has 0 saturated carbocycles. The quantitative estimate of drug-likeness (QED) is 0.544. The Balaban J connectivity index is 1.48. The Kier molecular flexibility index (Phi) is 7.61. The van der Waals surface area contributed by atoms with Gasteiger partial charge in [-0.05, 0) is 30.2 Å². The predicted octanol–water partition coefficient (Wildman–Crippen LogP) is 4.21. The fraction of sp³-hybridized carbons (Fsp3) is 0.200. The normalized spacial score (nSPS) is 10.5. The molecule has 0 heterocycles. The average molecular weight is 403 g/mol. The minimum absolute atomic E-state index is 0.0714. The summed E-state index contributed by atoms with van der Waals surface area (Å²) in [5.41, 5.74) is 3.04. The average Bonchev–Trinajstić information content (AvgIpc) is 2.78. The van der Waals surface area contributed by atoms with E-state index in [2.05, 4.69) is 5.32 Å². The number of esters is 1. The topological polar surface area (TPSA) is 64.6 Å². The molecule has 0 saturated heterocycles. The first-order valence-electron chi connectivity index (χ1n) is 9.86. The van der Waals surface area contributed by atoms with Crippen molar-refractivity contribution in [3.8, 4) is 5.75 Å². The number of amides is 1. The number of rotatable bonds is 9. The Bertz CT molecular complexity index is 900. The molecular formula is C25H25NO4. The molecule has 3 aromatic carbocycles. The number of ether oxygens (including phenoxy) is 2. The van der Waals surface area contributed by atoms with Crippen LogP contribution >= 0.6 is 0 Å². The van der Waals surface area contributed by atoms with Gasteiger partial charge in [0.05, 0.1) is 19.1 Å². The van der Waals surface area contributed by atoms with Crippen LogP contribution in [0.3, 0.4) is 0 Å². The number of hydrogen-bond donors (Lipinski definition) is 1. The molecule has 5 heteroatoms. The highest BCUT2D eigenvalue weighted by Crippen LogP contribution is 2.21. The summed E-state index contributed by atoms with van der Waals surface area (Å²) in [6.45, 7) is 1.85. The Morgan fingerprint density at radius 3 is 1.97 bits per heavy atom. The summed E-state index contributed by atoms with van der Waals surface area (Å²) >= 11 is 0. The highest BCUT2D eigenvalue weighted by molar-refractivity contribution is 5.81. The van der Waals surface area contributed by atoms with Gasteiger partial charge in [0.25, 0.3) is 5.91 Å². The lowest BCUT2D eigenvalue weighted by molar-refractivity contribution is -0.149. The summed E-state index contributed by atoms with van der Waals surface area (Å²) in [7, 11) is 0. The zero-order valence-corrected chi connectivity index (χ0v) is 16.9.